The molecular weight excluding hydrogens is 348 g/mol. The first-order valence-electron chi connectivity index (χ1n) is 9.49. The molecule has 3 aromatic carbocycles. The molecule has 0 aromatic heterocycles. The first-order valence-corrected chi connectivity index (χ1v) is 9.49. The van der Waals surface area contributed by atoms with Crippen LogP contribution >= 0.6 is 0 Å². The molecule has 0 radical (unpaired) electrons. The van der Waals surface area contributed by atoms with Crippen LogP contribution in [0.5, 0.6) is 0 Å². The Labute approximate surface area is 165 Å². The zero-order chi connectivity index (χ0) is 19.8. The van der Waals surface area contributed by atoms with Crippen molar-refractivity contribution in [1.29, 1.82) is 0 Å². The van der Waals surface area contributed by atoms with Crippen molar-refractivity contribution >= 4 is 23.2 Å². The van der Waals surface area contributed by atoms with E-state index in [4.69, 9.17) is 0 Å². The smallest absolute Gasteiger partial charge is 0.257 e. The van der Waals surface area contributed by atoms with Gasteiger partial charge in [-0.2, -0.15) is 0 Å². The van der Waals surface area contributed by atoms with E-state index < -0.39 is 0 Å². The SMILES string of the molecule is CCc1ccc(NC(=O)c2ccccc2NC(=O)CCc2ccccc2)cc1. The molecule has 4 nitrogen and oxygen atoms in total. The Hall–Kier alpha value is -3.40. The summed E-state index contributed by atoms with van der Waals surface area (Å²) in [6, 6.07) is 24.7. The summed E-state index contributed by atoms with van der Waals surface area (Å²) in [6.45, 7) is 2.09. The highest BCUT2D eigenvalue weighted by molar-refractivity contribution is 6.10. The highest BCUT2D eigenvalue weighted by atomic mass is 16.2. The summed E-state index contributed by atoms with van der Waals surface area (Å²) >= 11 is 0. The van der Waals surface area contributed by atoms with Crippen molar-refractivity contribution in [2.24, 2.45) is 0 Å². The second-order valence-electron chi connectivity index (χ2n) is 6.58. The van der Waals surface area contributed by atoms with Gasteiger partial charge in [-0.3, -0.25) is 9.59 Å². The molecule has 0 unspecified atom stereocenters. The fourth-order valence-electron chi connectivity index (χ4n) is 2.93. The third kappa shape index (κ3) is 5.30. The zero-order valence-electron chi connectivity index (χ0n) is 15.9. The fraction of sp³-hybridized carbons (Fsp3) is 0.167. The lowest BCUT2D eigenvalue weighted by atomic mass is 10.1. The Morgan fingerprint density at radius 1 is 0.750 bits per heavy atom. The molecule has 0 bridgehead atoms. The van der Waals surface area contributed by atoms with E-state index in [0.717, 1.165) is 17.7 Å². The minimum absolute atomic E-state index is 0.114. The van der Waals surface area contributed by atoms with Crippen LogP contribution in [0.2, 0.25) is 0 Å². The summed E-state index contributed by atoms with van der Waals surface area (Å²) in [7, 11) is 0. The van der Waals surface area contributed by atoms with E-state index in [1.54, 1.807) is 24.3 Å². The molecule has 0 aliphatic rings. The highest BCUT2D eigenvalue weighted by Gasteiger charge is 2.13. The normalized spacial score (nSPS) is 10.3. The molecule has 0 spiro atoms. The lowest BCUT2D eigenvalue weighted by Crippen LogP contribution is -2.18. The number of amides is 2. The predicted octanol–water partition coefficient (Wildman–Crippen LogP) is 5.07. The molecule has 4 heteroatoms. The van der Waals surface area contributed by atoms with Crippen LogP contribution < -0.4 is 10.6 Å². The van der Waals surface area contributed by atoms with Crippen LogP contribution in [0.4, 0.5) is 11.4 Å². The molecule has 0 fully saturated rings. The first-order chi connectivity index (χ1) is 13.7. The Morgan fingerprint density at radius 2 is 1.43 bits per heavy atom. The number of carbonyl (C=O) groups is 2. The minimum Gasteiger partial charge on any atom is -0.325 e. The van der Waals surface area contributed by atoms with E-state index in [-0.39, 0.29) is 11.8 Å². The van der Waals surface area contributed by atoms with Crippen molar-refractivity contribution < 1.29 is 9.59 Å². The number of benzene rings is 3. The summed E-state index contributed by atoms with van der Waals surface area (Å²) in [5, 5.41) is 5.76. The van der Waals surface area contributed by atoms with Gasteiger partial charge >= 0.3 is 0 Å². The van der Waals surface area contributed by atoms with E-state index in [9.17, 15) is 9.59 Å². The number of anilines is 2. The molecule has 2 N–H and O–H groups in total. The Morgan fingerprint density at radius 3 is 2.14 bits per heavy atom. The maximum absolute atomic E-state index is 12.7. The number of aryl methyl sites for hydroxylation is 2. The molecule has 28 heavy (non-hydrogen) atoms. The van der Waals surface area contributed by atoms with E-state index in [0.29, 0.717) is 24.1 Å². The number of para-hydroxylation sites is 1. The van der Waals surface area contributed by atoms with Gasteiger partial charge in [-0.15, -0.1) is 0 Å². The summed E-state index contributed by atoms with van der Waals surface area (Å²) in [4.78, 5) is 25.0. The third-order valence-electron chi connectivity index (χ3n) is 4.55. The van der Waals surface area contributed by atoms with Gasteiger partial charge < -0.3 is 10.6 Å². The minimum atomic E-state index is -0.247. The molecule has 0 atom stereocenters. The van der Waals surface area contributed by atoms with Gasteiger partial charge in [0.15, 0.2) is 0 Å². The molecule has 0 saturated carbocycles. The molecule has 3 aromatic rings. The van der Waals surface area contributed by atoms with Crippen LogP contribution in [0.15, 0.2) is 78.9 Å². The van der Waals surface area contributed by atoms with E-state index in [2.05, 4.69) is 17.6 Å². The summed E-state index contributed by atoms with van der Waals surface area (Å²) in [5.74, 6) is -0.361. The molecular formula is C24H24N2O2. The van der Waals surface area contributed by atoms with Gasteiger partial charge in [0, 0.05) is 12.1 Å². The van der Waals surface area contributed by atoms with E-state index in [1.165, 1.54) is 5.56 Å². The van der Waals surface area contributed by atoms with Crippen molar-refractivity contribution in [3.8, 4) is 0 Å². The van der Waals surface area contributed by atoms with Gasteiger partial charge in [-0.25, -0.2) is 0 Å². The second-order valence-corrected chi connectivity index (χ2v) is 6.58. The van der Waals surface area contributed by atoms with Crippen LogP contribution in [0.25, 0.3) is 0 Å². The molecule has 2 amide bonds. The Balaban J connectivity index is 1.64. The summed E-state index contributed by atoms with van der Waals surface area (Å²) in [6.07, 6.45) is 1.97. The van der Waals surface area contributed by atoms with Gasteiger partial charge in [0.1, 0.15) is 0 Å². The van der Waals surface area contributed by atoms with Crippen LogP contribution in [0, 0.1) is 0 Å². The van der Waals surface area contributed by atoms with E-state index in [1.807, 2.05) is 54.6 Å². The van der Waals surface area contributed by atoms with Crippen molar-refractivity contribution in [2.45, 2.75) is 26.2 Å². The predicted molar refractivity (Wildman–Crippen MR) is 114 cm³/mol. The van der Waals surface area contributed by atoms with Gasteiger partial charge in [-0.05, 0) is 48.2 Å². The number of hydrogen-bond donors (Lipinski definition) is 2. The quantitative estimate of drug-likeness (QED) is 0.608. The van der Waals surface area contributed by atoms with Gasteiger partial charge in [0.2, 0.25) is 5.91 Å². The maximum Gasteiger partial charge on any atom is 0.257 e. The molecule has 0 aliphatic heterocycles. The number of carbonyl (C=O) groups excluding carboxylic acids is 2. The Kier molecular flexibility index (Phi) is 6.58. The largest absolute Gasteiger partial charge is 0.325 e. The van der Waals surface area contributed by atoms with Crippen molar-refractivity contribution in [3.63, 3.8) is 0 Å². The molecule has 142 valence electrons. The standard InChI is InChI=1S/C24H24N2O2/c1-2-18-12-15-20(16-13-18)25-24(28)21-10-6-7-11-22(21)26-23(27)17-14-19-8-4-3-5-9-19/h3-13,15-16H,2,14,17H2,1H3,(H,25,28)(H,26,27). The van der Waals surface area contributed by atoms with Crippen LogP contribution in [-0.2, 0) is 17.6 Å². The first kappa shape index (κ1) is 19.4. The topological polar surface area (TPSA) is 58.2 Å². The molecule has 0 saturated heterocycles. The van der Waals surface area contributed by atoms with Crippen LogP contribution in [-0.4, -0.2) is 11.8 Å². The number of rotatable bonds is 7. The van der Waals surface area contributed by atoms with E-state index >= 15 is 0 Å². The lowest BCUT2D eigenvalue weighted by Gasteiger charge is -2.12. The van der Waals surface area contributed by atoms with Gasteiger partial charge in [0.05, 0.1) is 11.3 Å². The van der Waals surface area contributed by atoms with Gasteiger partial charge in [-0.1, -0.05) is 61.5 Å². The number of hydrogen-bond acceptors (Lipinski definition) is 2. The molecule has 3 rings (SSSR count). The third-order valence-corrected chi connectivity index (χ3v) is 4.55. The lowest BCUT2D eigenvalue weighted by molar-refractivity contribution is -0.116. The molecule has 0 heterocycles. The Bertz CT molecular complexity index is 934. The maximum atomic E-state index is 12.7. The summed E-state index contributed by atoms with van der Waals surface area (Å²) in [5.41, 5.74) is 4.01. The number of nitrogens with one attached hydrogen (secondary N) is 2. The van der Waals surface area contributed by atoms with Gasteiger partial charge in [0.25, 0.3) is 5.91 Å². The van der Waals surface area contributed by atoms with Crippen LogP contribution in [0.3, 0.4) is 0 Å². The fourth-order valence-corrected chi connectivity index (χ4v) is 2.93. The second kappa shape index (κ2) is 9.51. The average Bonchev–Trinajstić information content (AvgIpc) is 2.74. The molecule has 0 aliphatic carbocycles. The van der Waals surface area contributed by atoms with Crippen molar-refractivity contribution in [2.75, 3.05) is 10.6 Å². The van der Waals surface area contributed by atoms with Crippen molar-refractivity contribution in [3.05, 3.63) is 95.6 Å². The zero-order valence-corrected chi connectivity index (χ0v) is 15.9. The highest BCUT2D eigenvalue weighted by Crippen LogP contribution is 2.18. The van der Waals surface area contributed by atoms with Crippen molar-refractivity contribution in [1.82, 2.24) is 0 Å². The average molecular weight is 372 g/mol. The monoisotopic (exact) mass is 372 g/mol. The summed E-state index contributed by atoms with van der Waals surface area (Å²) < 4.78 is 0. The van der Waals surface area contributed by atoms with Crippen LogP contribution in [0.1, 0.15) is 34.8 Å².